The molecule has 0 N–H and O–H groups in total. The summed E-state index contributed by atoms with van der Waals surface area (Å²) in [7, 11) is 6.56. The smallest absolute Gasteiger partial charge is 0.155 e. The molecular formula is C32H36O8P4S6. The van der Waals surface area contributed by atoms with E-state index in [-0.39, 0.29) is 0 Å². The Kier molecular flexibility index (Phi) is 14.6. The third-order valence-corrected chi connectivity index (χ3v) is 39.0. The molecule has 18 heteroatoms. The van der Waals surface area contributed by atoms with Crippen LogP contribution in [0, 0.1) is 0 Å². The van der Waals surface area contributed by atoms with E-state index in [1.165, 1.54) is 22.0 Å². The Morgan fingerprint density at radius 1 is 0.380 bits per heavy atom. The number of rotatable bonds is 8. The lowest BCUT2D eigenvalue weighted by Crippen LogP contribution is -2.06. The van der Waals surface area contributed by atoms with Gasteiger partial charge in [-0.3, -0.25) is 0 Å². The van der Waals surface area contributed by atoms with Crippen LogP contribution < -0.4 is 40.2 Å². The summed E-state index contributed by atoms with van der Waals surface area (Å²) in [6, 6.07) is 30.9. The molecule has 0 radical (unpaired) electrons. The third-order valence-electron chi connectivity index (χ3n) is 7.20. The van der Waals surface area contributed by atoms with Crippen molar-refractivity contribution in [2.75, 3.05) is 54.9 Å². The molecule has 0 amide bonds. The first-order valence-electron chi connectivity index (χ1n) is 15.0. The lowest BCUT2D eigenvalue weighted by atomic mass is 10.3. The van der Waals surface area contributed by atoms with Gasteiger partial charge in [0.05, 0.1) is 54.9 Å². The van der Waals surface area contributed by atoms with Crippen LogP contribution in [0.25, 0.3) is 0 Å². The van der Waals surface area contributed by atoms with Crippen LogP contribution in [0.4, 0.5) is 0 Å². The van der Waals surface area contributed by atoms with Crippen molar-refractivity contribution >= 4 is 112 Å². The van der Waals surface area contributed by atoms with Crippen LogP contribution in [0.15, 0.2) is 97.1 Å². The zero-order chi connectivity index (χ0) is 35.8. The summed E-state index contributed by atoms with van der Waals surface area (Å²) in [6.45, 7) is 1.80. The first-order chi connectivity index (χ1) is 24.0. The minimum Gasteiger partial charge on any atom is -0.497 e. The molecule has 0 unspecified atom stereocenters. The summed E-state index contributed by atoms with van der Waals surface area (Å²) < 4.78 is 45.2. The molecule has 2 aliphatic heterocycles. The van der Waals surface area contributed by atoms with E-state index in [0.29, 0.717) is 26.4 Å². The summed E-state index contributed by atoms with van der Waals surface area (Å²) in [5.74, 6) is 3.15. The van der Waals surface area contributed by atoms with Gasteiger partial charge in [-0.15, -0.1) is 0 Å². The molecule has 0 saturated carbocycles. The highest BCUT2D eigenvalue weighted by atomic mass is 33.2. The van der Waals surface area contributed by atoms with Gasteiger partial charge in [0.15, 0.2) is 21.9 Å². The second-order valence-corrected chi connectivity index (χ2v) is 36.7. The van der Waals surface area contributed by atoms with E-state index in [4.69, 9.17) is 84.3 Å². The van der Waals surface area contributed by atoms with Crippen LogP contribution in [0.1, 0.15) is 0 Å². The van der Waals surface area contributed by atoms with E-state index in [9.17, 15) is 0 Å². The van der Waals surface area contributed by atoms with Gasteiger partial charge in [-0.1, -0.05) is 47.2 Å². The highest BCUT2D eigenvalue weighted by Gasteiger charge is 2.37. The number of methoxy groups -OCH3 is 4. The van der Waals surface area contributed by atoms with E-state index in [2.05, 4.69) is 0 Å². The third kappa shape index (κ3) is 9.85. The zero-order valence-electron chi connectivity index (χ0n) is 27.6. The maximum Gasteiger partial charge on any atom is 0.155 e. The van der Waals surface area contributed by atoms with Crippen molar-refractivity contribution in [3.8, 4) is 23.0 Å². The molecule has 2 heterocycles. The zero-order valence-corrected chi connectivity index (χ0v) is 36.0. The predicted octanol–water partition coefficient (Wildman–Crippen LogP) is 8.11. The van der Waals surface area contributed by atoms with Crippen molar-refractivity contribution in [3.05, 3.63) is 97.1 Å². The van der Waals surface area contributed by atoms with Crippen molar-refractivity contribution in [2.45, 2.75) is 0 Å². The quantitative estimate of drug-likeness (QED) is 0.160. The van der Waals surface area contributed by atoms with Crippen LogP contribution in [0.5, 0.6) is 23.0 Å². The lowest BCUT2D eigenvalue weighted by Gasteiger charge is -2.25. The van der Waals surface area contributed by atoms with Crippen molar-refractivity contribution in [1.82, 2.24) is 0 Å². The fourth-order valence-electron chi connectivity index (χ4n) is 4.55. The number of ether oxygens (including phenoxy) is 4. The van der Waals surface area contributed by atoms with E-state index in [1.54, 1.807) is 28.4 Å². The molecule has 8 nitrogen and oxygen atoms in total. The van der Waals surface area contributed by atoms with E-state index >= 15 is 0 Å². The Morgan fingerprint density at radius 2 is 0.560 bits per heavy atom. The molecule has 2 fully saturated rings. The minimum atomic E-state index is -2.36. The summed E-state index contributed by atoms with van der Waals surface area (Å²) in [5.41, 5.74) is -9.45. The Balaban J connectivity index is 0.000000194. The molecule has 0 bridgehead atoms. The topological polar surface area (TPSA) is 73.8 Å². The van der Waals surface area contributed by atoms with Gasteiger partial charge in [-0.25, -0.2) is 0 Å². The molecular weight excluding hydrogens is 829 g/mol. The molecule has 4 aromatic carbocycles. The van der Waals surface area contributed by atoms with Crippen molar-refractivity contribution in [2.24, 2.45) is 0 Å². The monoisotopic (exact) mass is 864 g/mol. The van der Waals surface area contributed by atoms with Crippen LogP contribution in [-0.4, -0.2) is 54.9 Å². The average molecular weight is 865 g/mol. The Bertz CT molecular complexity index is 1650. The van der Waals surface area contributed by atoms with Gasteiger partial charge in [0.2, 0.25) is 0 Å². The average Bonchev–Trinajstić information content (AvgIpc) is 3.43. The highest BCUT2D eigenvalue weighted by Crippen LogP contribution is 2.79. The molecule has 4 aromatic rings. The van der Waals surface area contributed by atoms with Crippen LogP contribution in [-0.2, 0) is 65.3 Å². The van der Waals surface area contributed by atoms with Crippen LogP contribution in [0.2, 0.25) is 0 Å². The van der Waals surface area contributed by atoms with Crippen LogP contribution >= 0.6 is 43.9 Å². The molecule has 50 heavy (non-hydrogen) atoms. The Morgan fingerprint density at radius 3 is 0.720 bits per heavy atom. The Hall–Kier alpha value is -0.780. The van der Waals surface area contributed by atoms with E-state index in [0.717, 1.165) is 44.2 Å². The standard InChI is InChI=1S/2C16H18O4P2S3/c2*1-17-13-3-7-15(8-4-13)21(23)19-11-12-20-22(24,25-21)16-9-5-14(18-2)6-10-16/h2*3-10H,11-12H2,1-2H3/t2*21-,22+. The maximum atomic E-state index is 6.07. The first-order valence-corrected chi connectivity index (χ1v) is 29.9. The summed E-state index contributed by atoms with van der Waals surface area (Å²) in [5, 5.41) is 3.89. The fraction of sp³-hybridized carbons (Fsp3) is 0.250. The van der Waals surface area contributed by atoms with Gasteiger partial charge in [0.25, 0.3) is 0 Å². The minimum absolute atomic E-state index is 0.449. The van der Waals surface area contributed by atoms with Gasteiger partial charge in [-0.05, 0) is 119 Å². The molecule has 0 spiro atoms. The van der Waals surface area contributed by atoms with Gasteiger partial charge in [0.1, 0.15) is 23.0 Å². The molecule has 268 valence electrons. The van der Waals surface area contributed by atoms with Gasteiger partial charge in [0, 0.05) is 21.2 Å². The van der Waals surface area contributed by atoms with Gasteiger partial charge >= 0.3 is 0 Å². The summed E-state index contributed by atoms with van der Waals surface area (Å²) in [4.78, 5) is 0. The van der Waals surface area contributed by atoms with E-state index in [1.807, 2.05) is 97.1 Å². The van der Waals surface area contributed by atoms with Gasteiger partial charge in [-0.2, -0.15) is 0 Å². The van der Waals surface area contributed by atoms with Gasteiger partial charge < -0.3 is 37.0 Å². The SMILES string of the molecule is COc1ccc([P@@]2(=S)OCCO[P@@](=S)(c3ccc(OC)cc3)S2)cc1.COc1ccc([P@@]2(=S)OCCO[P@@](=S)(c3ccc(OC)cc3)S2)cc1. The lowest BCUT2D eigenvalue weighted by molar-refractivity contribution is 0.258. The molecule has 6 rings (SSSR count). The maximum absolute atomic E-state index is 6.07. The fourth-order valence-corrected chi connectivity index (χ4v) is 40.3. The number of hydrogen-bond donors (Lipinski definition) is 0. The normalized spacial score (nSPS) is 26.6. The molecule has 2 aliphatic rings. The predicted molar refractivity (Wildman–Crippen MR) is 227 cm³/mol. The second-order valence-electron chi connectivity index (χ2n) is 10.3. The first kappa shape index (κ1) is 40.4. The van der Waals surface area contributed by atoms with E-state index < -0.39 is 21.9 Å². The molecule has 0 aliphatic carbocycles. The van der Waals surface area contributed by atoms with Crippen LogP contribution in [0.3, 0.4) is 0 Å². The summed E-state index contributed by atoms with van der Waals surface area (Å²) in [6.07, 6.45) is 0. The molecule has 0 aromatic heterocycles. The highest BCUT2D eigenvalue weighted by molar-refractivity contribution is 9.00. The Labute approximate surface area is 321 Å². The number of hydrogen-bond acceptors (Lipinski definition) is 14. The molecule has 4 atom stereocenters. The van der Waals surface area contributed by atoms with Crippen molar-refractivity contribution < 1.29 is 37.0 Å². The second kappa shape index (κ2) is 18.0. The largest absolute Gasteiger partial charge is 0.497 e. The van der Waals surface area contributed by atoms with Crippen molar-refractivity contribution in [3.63, 3.8) is 0 Å². The summed E-state index contributed by atoms with van der Waals surface area (Å²) >= 11 is 26.8. The van der Waals surface area contributed by atoms with Crippen molar-refractivity contribution in [1.29, 1.82) is 0 Å². The number of benzene rings is 4. The molecule has 2 saturated heterocycles.